The summed E-state index contributed by atoms with van der Waals surface area (Å²) in [6.07, 6.45) is 91.1. The van der Waals surface area contributed by atoms with E-state index in [4.69, 9.17) is 14.2 Å². The van der Waals surface area contributed by atoms with Gasteiger partial charge >= 0.3 is 17.9 Å². The maximum absolute atomic E-state index is 13.0. The number of allylic oxidation sites excluding steroid dienone is 10. The van der Waals surface area contributed by atoms with Crippen LogP contribution in [0.1, 0.15) is 387 Å². The van der Waals surface area contributed by atoms with Crippen LogP contribution >= 0.6 is 0 Å². The minimum atomic E-state index is -0.780. The predicted molar refractivity (Wildman–Crippen MR) is 358 cm³/mol. The molecule has 0 spiro atoms. The molecule has 0 aromatic rings. The number of ether oxygens (including phenoxy) is 3. The molecular formula is C76H138O6. The van der Waals surface area contributed by atoms with Gasteiger partial charge in [0.25, 0.3) is 0 Å². The maximum atomic E-state index is 13.0. The average molecular weight is 1150 g/mol. The Morgan fingerprint density at radius 3 is 0.744 bits per heavy atom. The van der Waals surface area contributed by atoms with Crippen LogP contribution in [0.3, 0.4) is 0 Å². The summed E-state index contributed by atoms with van der Waals surface area (Å²) in [5, 5.41) is 0. The number of hydrogen-bond acceptors (Lipinski definition) is 6. The Labute approximate surface area is 510 Å². The van der Waals surface area contributed by atoms with Crippen LogP contribution in [-0.4, -0.2) is 37.2 Å². The van der Waals surface area contributed by atoms with Gasteiger partial charge in [-0.05, 0) is 83.5 Å². The van der Waals surface area contributed by atoms with Crippen molar-refractivity contribution in [1.29, 1.82) is 0 Å². The van der Waals surface area contributed by atoms with Crippen LogP contribution in [0.5, 0.6) is 0 Å². The molecule has 0 aromatic carbocycles. The Morgan fingerprint density at radius 1 is 0.256 bits per heavy atom. The average Bonchev–Trinajstić information content (AvgIpc) is 3.47. The number of hydrogen-bond donors (Lipinski definition) is 0. The second kappa shape index (κ2) is 70.6. The monoisotopic (exact) mass is 1150 g/mol. The first-order valence-corrected chi connectivity index (χ1v) is 36.3. The molecule has 82 heavy (non-hydrogen) atoms. The van der Waals surface area contributed by atoms with Gasteiger partial charge in [-0.25, -0.2) is 0 Å². The molecule has 0 amide bonds. The van der Waals surface area contributed by atoms with E-state index < -0.39 is 6.10 Å². The molecule has 0 fully saturated rings. The lowest BCUT2D eigenvalue weighted by Gasteiger charge is -2.18. The Balaban J connectivity index is 4.31. The summed E-state index contributed by atoms with van der Waals surface area (Å²) in [6, 6.07) is 0. The van der Waals surface area contributed by atoms with E-state index in [0.29, 0.717) is 19.3 Å². The zero-order valence-electron chi connectivity index (χ0n) is 55.0. The molecule has 0 N–H and O–H groups in total. The van der Waals surface area contributed by atoms with Crippen molar-refractivity contribution >= 4 is 17.9 Å². The van der Waals surface area contributed by atoms with Gasteiger partial charge in [-0.15, -0.1) is 0 Å². The van der Waals surface area contributed by atoms with Gasteiger partial charge in [-0.2, -0.15) is 0 Å². The highest BCUT2D eigenvalue weighted by atomic mass is 16.6. The second-order valence-corrected chi connectivity index (χ2v) is 24.5. The minimum absolute atomic E-state index is 0.0741. The smallest absolute Gasteiger partial charge is 0.306 e. The van der Waals surface area contributed by atoms with Gasteiger partial charge in [0.15, 0.2) is 6.10 Å². The standard InChI is InChI=1S/C76H138O6/c1-4-7-10-13-16-19-22-25-28-31-33-35-37-39-40-42-45-48-51-54-57-60-63-66-69-75(78)81-72-73(71-80-74(77)68-65-62-59-56-53-50-47-44-30-27-24-21-18-15-12-9-6-3)82-76(79)70-67-64-61-58-55-52-49-46-43-41-38-36-34-32-29-26-23-20-17-14-11-8-5-2/h9,12,18,21,23,26-27,30,32,34,73H,4-8,10-11,13-17,19-20,22,24-25,28-29,31,33,35-72H2,1-3H3/b12-9-,21-18-,26-23-,30-27-,34-32-. The van der Waals surface area contributed by atoms with Gasteiger partial charge in [0, 0.05) is 19.3 Å². The molecule has 0 saturated carbocycles. The van der Waals surface area contributed by atoms with E-state index in [1.807, 2.05) is 0 Å². The van der Waals surface area contributed by atoms with Crippen LogP contribution in [0.25, 0.3) is 0 Å². The Bertz CT molecular complexity index is 1460. The summed E-state index contributed by atoms with van der Waals surface area (Å²) in [4.78, 5) is 38.5. The Hall–Kier alpha value is -2.89. The molecule has 0 aliphatic rings. The summed E-state index contributed by atoms with van der Waals surface area (Å²) in [5.74, 6) is -0.860. The summed E-state index contributed by atoms with van der Waals surface area (Å²) >= 11 is 0. The summed E-state index contributed by atoms with van der Waals surface area (Å²) < 4.78 is 17.0. The molecule has 0 radical (unpaired) electrons. The van der Waals surface area contributed by atoms with E-state index in [2.05, 4.69) is 81.5 Å². The largest absolute Gasteiger partial charge is 0.462 e. The van der Waals surface area contributed by atoms with Crippen molar-refractivity contribution in [2.45, 2.75) is 393 Å². The van der Waals surface area contributed by atoms with Crippen LogP contribution in [0.15, 0.2) is 60.8 Å². The molecule has 6 nitrogen and oxygen atoms in total. The van der Waals surface area contributed by atoms with E-state index in [1.54, 1.807) is 0 Å². The van der Waals surface area contributed by atoms with Crippen LogP contribution in [0.4, 0.5) is 0 Å². The molecule has 0 bridgehead atoms. The third kappa shape index (κ3) is 67.9. The van der Waals surface area contributed by atoms with Gasteiger partial charge in [-0.1, -0.05) is 345 Å². The molecule has 0 aliphatic carbocycles. The molecule has 0 aromatic heterocycles. The van der Waals surface area contributed by atoms with E-state index in [0.717, 1.165) is 89.9 Å². The number of carbonyl (C=O) groups excluding carboxylic acids is 3. The van der Waals surface area contributed by atoms with Crippen LogP contribution < -0.4 is 0 Å². The minimum Gasteiger partial charge on any atom is -0.462 e. The molecule has 1 unspecified atom stereocenters. The van der Waals surface area contributed by atoms with Crippen LogP contribution in [0, 0.1) is 0 Å². The van der Waals surface area contributed by atoms with E-state index in [9.17, 15) is 14.4 Å². The highest BCUT2D eigenvalue weighted by Gasteiger charge is 2.19. The first kappa shape index (κ1) is 79.1. The van der Waals surface area contributed by atoms with Gasteiger partial charge < -0.3 is 14.2 Å². The van der Waals surface area contributed by atoms with Crippen molar-refractivity contribution < 1.29 is 28.6 Å². The molecule has 1 atom stereocenters. The topological polar surface area (TPSA) is 78.9 Å². The third-order valence-corrected chi connectivity index (χ3v) is 16.3. The van der Waals surface area contributed by atoms with Gasteiger partial charge in [0.2, 0.25) is 0 Å². The zero-order valence-corrected chi connectivity index (χ0v) is 55.0. The molecule has 0 rings (SSSR count). The molecule has 0 aliphatic heterocycles. The number of unbranched alkanes of at least 4 members (excludes halogenated alkanes) is 46. The fourth-order valence-electron chi connectivity index (χ4n) is 10.8. The number of rotatable bonds is 67. The quantitative estimate of drug-likeness (QED) is 0.0261. The lowest BCUT2D eigenvalue weighted by Crippen LogP contribution is -2.30. The molecular weight excluding hydrogens is 1010 g/mol. The second-order valence-electron chi connectivity index (χ2n) is 24.5. The van der Waals surface area contributed by atoms with E-state index >= 15 is 0 Å². The highest BCUT2D eigenvalue weighted by Crippen LogP contribution is 2.18. The molecule has 6 heteroatoms. The molecule has 0 heterocycles. The lowest BCUT2D eigenvalue weighted by molar-refractivity contribution is -0.167. The van der Waals surface area contributed by atoms with Crippen molar-refractivity contribution in [3.63, 3.8) is 0 Å². The van der Waals surface area contributed by atoms with Crippen LogP contribution in [0.2, 0.25) is 0 Å². The number of carbonyl (C=O) groups is 3. The fourth-order valence-corrected chi connectivity index (χ4v) is 10.8. The molecule has 0 saturated heterocycles. The van der Waals surface area contributed by atoms with Crippen molar-refractivity contribution in [3.05, 3.63) is 60.8 Å². The van der Waals surface area contributed by atoms with E-state index in [1.165, 1.54) is 257 Å². The lowest BCUT2D eigenvalue weighted by atomic mass is 10.0. The Kier molecular flexibility index (Phi) is 68.1. The van der Waals surface area contributed by atoms with Crippen molar-refractivity contribution in [1.82, 2.24) is 0 Å². The number of esters is 3. The van der Waals surface area contributed by atoms with Crippen molar-refractivity contribution in [3.8, 4) is 0 Å². The molecule has 478 valence electrons. The zero-order chi connectivity index (χ0) is 59.2. The summed E-state index contributed by atoms with van der Waals surface area (Å²) in [5.41, 5.74) is 0. The summed E-state index contributed by atoms with van der Waals surface area (Å²) in [6.45, 7) is 6.58. The third-order valence-electron chi connectivity index (χ3n) is 16.3. The predicted octanol–water partition coefficient (Wildman–Crippen LogP) is 25.1. The summed E-state index contributed by atoms with van der Waals surface area (Å²) in [7, 11) is 0. The SMILES string of the molecule is CC/C=C\C/C=C\C/C=C\CCCCCCCCCC(=O)OCC(COC(=O)CCCCCCCCCCCCCCCCCCCCCCCCCC)OC(=O)CCCCCCCCCCCCC/C=C\C/C=C\CCCCCCC. The maximum Gasteiger partial charge on any atom is 0.306 e. The van der Waals surface area contributed by atoms with Crippen molar-refractivity contribution in [2.75, 3.05) is 13.2 Å². The van der Waals surface area contributed by atoms with Crippen LogP contribution in [-0.2, 0) is 28.6 Å². The normalized spacial score (nSPS) is 12.4. The van der Waals surface area contributed by atoms with Gasteiger partial charge in [0.05, 0.1) is 0 Å². The highest BCUT2D eigenvalue weighted by molar-refractivity contribution is 5.71. The first-order valence-electron chi connectivity index (χ1n) is 36.3. The van der Waals surface area contributed by atoms with Gasteiger partial charge in [0.1, 0.15) is 13.2 Å². The van der Waals surface area contributed by atoms with Crippen molar-refractivity contribution in [2.24, 2.45) is 0 Å². The first-order chi connectivity index (χ1) is 40.5. The van der Waals surface area contributed by atoms with Gasteiger partial charge in [-0.3, -0.25) is 14.4 Å². The van der Waals surface area contributed by atoms with E-state index in [-0.39, 0.29) is 31.1 Å². The fraction of sp³-hybridized carbons (Fsp3) is 0.829. The Morgan fingerprint density at radius 2 is 0.476 bits per heavy atom.